The van der Waals surface area contributed by atoms with E-state index in [0.29, 0.717) is 6.42 Å². The van der Waals surface area contributed by atoms with E-state index >= 15 is 0 Å². The number of rotatable bonds is 7. The van der Waals surface area contributed by atoms with Crippen LogP contribution in [-0.4, -0.2) is 30.6 Å². The highest BCUT2D eigenvalue weighted by Gasteiger charge is 2.22. The van der Waals surface area contributed by atoms with E-state index in [1.807, 2.05) is 6.92 Å². The number of amides is 1. The summed E-state index contributed by atoms with van der Waals surface area (Å²) >= 11 is 0.839. The fourth-order valence-corrected chi connectivity index (χ4v) is 3.59. The zero-order valence-corrected chi connectivity index (χ0v) is 12.8. The van der Waals surface area contributed by atoms with Crippen LogP contribution in [0.1, 0.15) is 40.0 Å². The second-order valence-corrected chi connectivity index (χ2v) is 6.95. The number of aromatic nitrogens is 2. The summed E-state index contributed by atoms with van der Waals surface area (Å²) in [6.45, 7) is 5.47. The van der Waals surface area contributed by atoms with Gasteiger partial charge in [0.1, 0.15) is 0 Å². The molecule has 1 amide bonds. The Bertz CT molecular complexity index is 527. The van der Waals surface area contributed by atoms with Crippen LogP contribution in [0.3, 0.4) is 0 Å². The Labute approximate surface area is 116 Å². The van der Waals surface area contributed by atoms with Gasteiger partial charge in [0.05, 0.1) is 0 Å². The van der Waals surface area contributed by atoms with Gasteiger partial charge in [0.15, 0.2) is 0 Å². The van der Waals surface area contributed by atoms with Gasteiger partial charge in [-0.2, -0.15) is 0 Å². The Morgan fingerprint density at radius 2 is 2.05 bits per heavy atom. The lowest BCUT2D eigenvalue weighted by atomic mass is 10.2. The third kappa shape index (κ3) is 4.84. The number of nitrogens with one attached hydrogen (secondary N) is 2. The second kappa shape index (κ2) is 6.92. The van der Waals surface area contributed by atoms with Crippen LogP contribution < -0.4 is 10.0 Å². The summed E-state index contributed by atoms with van der Waals surface area (Å²) in [5.74, 6) is -0.229. The molecule has 0 saturated heterocycles. The maximum Gasteiger partial charge on any atom is 0.270 e. The van der Waals surface area contributed by atoms with Crippen LogP contribution in [0.5, 0.6) is 0 Å². The Morgan fingerprint density at radius 1 is 1.37 bits per heavy atom. The van der Waals surface area contributed by atoms with Gasteiger partial charge in [0.25, 0.3) is 10.0 Å². The quantitative estimate of drug-likeness (QED) is 0.741. The van der Waals surface area contributed by atoms with Crippen molar-refractivity contribution in [1.29, 1.82) is 0 Å². The minimum atomic E-state index is -3.66. The van der Waals surface area contributed by atoms with Crippen molar-refractivity contribution >= 4 is 32.4 Å². The topological polar surface area (TPSA) is 101 Å². The lowest BCUT2D eigenvalue weighted by molar-refractivity contribution is -0.115. The molecule has 1 aromatic rings. The summed E-state index contributed by atoms with van der Waals surface area (Å²) < 4.78 is 26.3. The fourth-order valence-electron chi connectivity index (χ4n) is 1.38. The summed E-state index contributed by atoms with van der Waals surface area (Å²) in [6, 6.07) is -0.160. The molecule has 0 unspecified atom stereocenters. The van der Waals surface area contributed by atoms with Crippen molar-refractivity contribution in [2.45, 2.75) is 50.4 Å². The Hall–Kier alpha value is -1.06. The number of hydrogen-bond donors (Lipinski definition) is 2. The molecule has 2 N–H and O–H groups in total. The van der Waals surface area contributed by atoms with Crippen molar-refractivity contribution < 1.29 is 13.2 Å². The van der Waals surface area contributed by atoms with Gasteiger partial charge in [-0.25, -0.2) is 13.1 Å². The van der Waals surface area contributed by atoms with Crippen LogP contribution in [0, 0.1) is 0 Å². The molecule has 1 heterocycles. The van der Waals surface area contributed by atoms with Crippen LogP contribution in [0.4, 0.5) is 5.13 Å². The van der Waals surface area contributed by atoms with Crippen molar-refractivity contribution in [3.8, 4) is 0 Å². The molecule has 0 bridgehead atoms. The molecule has 0 fully saturated rings. The molecule has 7 nitrogen and oxygen atoms in total. The number of carbonyl (C=O) groups is 1. The third-order valence-electron chi connectivity index (χ3n) is 2.28. The summed E-state index contributed by atoms with van der Waals surface area (Å²) in [7, 11) is -3.66. The highest BCUT2D eigenvalue weighted by Crippen LogP contribution is 2.20. The van der Waals surface area contributed by atoms with Gasteiger partial charge in [-0.1, -0.05) is 31.6 Å². The standard InChI is InChI=1S/C10H18N4O3S2/c1-4-6-7(3)14-19(16,17)10-13-12-9(18-10)11-8(15)5-2/h7,14H,4-6H2,1-3H3,(H,11,12,15)/t7-/m0/s1. The van der Waals surface area contributed by atoms with Crippen LogP contribution in [0.25, 0.3) is 0 Å². The van der Waals surface area contributed by atoms with E-state index < -0.39 is 10.0 Å². The third-order valence-corrected chi connectivity index (χ3v) is 5.08. The van der Waals surface area contributed by atoms with Crippen LogP contribution >= 0.6 is 11.3 Å². The molecule has 1 atom stereocenters. The van der Waals surface area contributed by atoms with Crippen molar-refractivity contribution in [2.24, 2.45) is 0 Å². The summed E-state index contributed by atoms with van der Waals surface area (Å²) in [6.07, 6.45) is 1.93. The van der Waals surface area contributed by atoms with Crippen LogP contribution in [-0.2, 0) is 14.8 Å². The number of anilines is 1. The van der Waals surface area contributed by atoms with Gasteiger partial charge in [-0.05, 0) is 13.3 Å². The predicted molar refractivity (Wildman–Crippen MR) is 73.5 cm³/mol. The normalized spacial score (nSPS) is 13.2. The van der Waals surface area contributed by atoms with E-state index in [9.17, 15) is 13.2 Å². The predicted octanol–water partition coefficient (Wildman–Crippen LogP) is 1.35. The molecule has 19 heavy (non-hydrogen) atoms. The van der Waals surface area contributed by atoms with Gasteiger partial charge < -0.3 is 5.32 Å². The maximum atomic E-state index is 12.0. The first-order valence-electron chi connectivity index (χ1n) is 6.04. The Balaban J connectivity index is 2.77. The number of hydrogen-bond acceptors (Lipinski definition) is 6. The largest absolute Gasteiger partial charge is 0.301 e. The Kier molecular flexibility index (Phi) is 5.83. The molecule has 0 saturated carbocycles. The summed E-state index contributed by atoms with van der Waals surface area (Å²) in [5, 5.41) is 9.90. The molecule has 0 radical (unpaired) electrons. The molecule has 108 valence electrons. The van der Waals surface area contributed by atoms with E-state index in [0.717, 1.165) is 24.2 Å². The van der Waals surface area contributed by atoms with Crippen LogP contribution in [0.15, 0.2) is 4.34 Å². The number of nitrogens with zero attached hydrogens (tertiary/aromatic N) is 2. The van der Waals surface area contributed by atoms with E-state index in [4.69, 9.17) is 0 Å². The van der Waals surface area contributed by atoms with E-state index in [1.165, 1.54) is 0 Å². The minimum Gasteiger partial charge on any atom is -0.301 e. The highest BCUT2D eigenvalue weighted by atomic mass is 32.2. The first-order valence-corrected chi connectivity index (χ1v) is 8.34. The Morgan fingerprint density at radius 3 is 2.63 bits per heavy atom. The molecule has 0 aliphatic carbocycles. The van der Waals surface area contributed by atoms with Crippen molar-refractivity contribution in [2.75, 3.05) is 5.32 Å². The fraction of sp³-hybridized carbons (Fsp3) is 0.700. The van der Waals surface area contributed by atoms with E-state index in [-0.39, 0.29) is 21.4 Å². The molecule has 0 aliphatic heterocycles. The molecule has 1 rings (SSSR count). The van der Waals surface area contributed by atoms with E-state index in [2.05, 4.69) is 20.2 Å². The molecular formula is C10H18N4O3S2. The number of carbonyl (C=O) groups excluding carboxylic acids is 1. The minimum absolute atomic E-state index is 0.137. The molecule has 0 spiro atoms. The van der Waals surface area contributed by atoms with Gasteiger partial charge >= 0.3 is 0 Å². The van der Waals surface area contributed by atoms with Gasteiger partial charge in [-0.15, -0.1) is 10.2 Å². The molecule has 9 heteroatoms. The summed E-state index contributed by atoms with van der Waals surface area (Å²) in [4.78, 5) is 11.2. The van der Waals surface area contributed by atoms with E-state index in [1.54, 1.807) is 13.8 Å². The second-order valence-electron chi connectivity index (χ2n) is 4.09. The zero-order chi connectivity index (χ0) is 14.5. The van der Waals surface area contributed by atoms with Gasteiger partial charge in [0, 0.05) is 12.5 Å². The highest BCUT2D eigenvalue weighted by molar-refractivity contribution is 7.91. The smallest absolute Gasteiger partial charge is 0.270 e. The van der Waals surface area contributed by atoms with Gasteiger partial charge in [-0.3, -0.25) is 4.79 Å². The monoisotopic (exact) mass is 306 g/mol. The van der Waals surface area contributed by atoms with Crippen molar-refractivity contribution in [3.05, 3.63) is 0 Å². The van der Waals surface area contributed by atoms with Crippen LogP contribution in [0.2, 0.25) is 0 Å². The summed E-state index contributed by atoms with van der Waals surface area (Å²) in [5.41, 5.74) is 0. The molecule has 0 aliphatic rings. The van der Waals surface area contributed by atoms with Gasteiger partial charge in [0.2, 0.25) is 15.4 Å². The lowest BCUT2D eigenvalue weighted by Gasteiger charge is -2.10. The molecule has 0 aromatic carbocycles. The SMILES string of the molecule is CCC[C@H](C)NS(=O)(=O)c1nnc(NC(=O)CC)s1. The lowest BCUT2D eigenvalue weighted by Crippen LogP contribution is -2.32. The maximum absolute atomic E-state index is 12.0. The molecular weight excluding hydrogens is 288 g/mol. The van der Waals surface area contributed by atoms with Crippen molar-refractivity contribution in [1.82, 2.24) is 14.9 Å². The zero-order valence-electron chi connectivity index (χ0n) is 11.1. The number of sulfonamides is 1. The first kappa shape index (κ1) is 16.0. The first-order chi connectivity index (χ1) is 8.89. The average molecular weight is 306 g/mol. The van der Waals surface area contributed by atoms with Crippen molar-refractivity contribution in [3.63, 3.8) is 0 Å². The molecule has 1 aromatic heterocycles. The average Bonchev–Trinajstić information content (AvgIpc) is 2.77.